The Morgan fingerprint density at radius 1 is 1.16 bits per heavy atom. The molecular formula is C20H19N3O2. The number of hydroxylamine groups is 1. The summed E-state index contributed by atoms with van der Waals surface area (Å²) in [5.74, 6) is -0.536. The fourth-order valence-corrected chi connectivity index (χ4v) is 3.42. The van der Waals surface area contributed by atoms with Crippen LogP contribution in [0.3, 0.4) is 0 Å². The van der Waals surface area contributed by atoms with Crippen LogP contribution >= 0.6 is 0 Å². The molecule has 2 aromatic carbocycles. The van der Waals surface area contributed by atoms with E-state index >= 15 is 0 Å². The number of fused-ring (bicyclic) bond motifs is 3. The van der Waals surface area contributed by atoms with Crippen LogP contribution in [0.2, 0.25) is 0 Å². The minimum atomic E-state index is -0.536. The van der Waals surface area contributed by atoms with Crippen LogP contribution in [0.15, 0.2) is 54.6 Å². The lowest BCUT2D eigenvalue weighted by Crippen LogP contribution is -2.30. The van der Waals surface area contributed by atoms with E-state index < -0.39 is 5.91 Å². The summed E-state index contributed by atoms with van der Waals surface area (Å²) >= 11 is 0. The van der Waals surface area contributed by atoms with Crippen LogP contribution in [0, 0.1) is 0 Å². The first-order valence-corrected chi connectivity index (χ1v) is 8.30. The van der Waals surface area contributed by atoms with E-state index in [1.807, 2.05) is 12.1 Å². The largest absolute Gasteiger partial charge is 0.365 e. The first kappa shape index (κ1) is 15.5. The van der Waals surface area contributed by atoms with Crippen LogP contribution in [0.4, 0.5) is 5.69 Å². The van der Waals surface area contributed by atoms with E-state index in [-0.39, 0.29) is 0 Å². The number of nitrogens with zero attached hydrogens (tertiary/aromatic N) is 1. The summed E-state index contributed by atoms with van der Waals surface area (Å²) in [4.78, 5) is 16.9. The van der Waals surface area contributed by atoms with Gasteiger partial charge in [-0.3, -0.25) is 10.0 Å². The van der Waals surface area contributed by atoms with Gasteiger partial charge in [-0.2, -0.15) is 0 Å². The number of carbonyl (C=O) groups excluding carboxylic acids is 1. The second kappa shape index (κ2) is 6.45. The quantitative estimate of drug-likeness (QED) is 0.391. The predicted molar refractivity (Wildman–Crippen MR) is 98.5 cm³/mol. The van der Waals surface area contributed by atoms with Crippen molar-refractivity contribution in [2.24, 2.45) is 0 Å². The molecule has 1 aromatic heterocycles. The Morgan fingerprint density at radius 3 is 2.76 bits per heavy atom. The van der Waals surface area contributed by atoms with E-state index in [4.69, 9.17) is 5.21 Å². The summed E-state index contributed by atoms with van der Waals surface area (Å²) in [7, 11) is 0. The topological polar surface area (TPSA) is 68.4 Å². The monoisotopic (exact) mass is 333 g/mol. The third-order valence-corrected chi connectivity index (χ3v) is 4.68. The van der Waals surface area contributed by atoms with Gasteiger partial charge in [0.25, 0.3) is 5.91 Å². The highest BCUT2D eigenvalue weighted by Gasteiger charge is 2.20. The molecule has 0 unspecified atom stereocenters. The van der Waals surface area contributed by atoms with E-state index in [0.29, 0.717) is 0 Å². The molecule has 3 N–H and O–H groups in total. The predicted octanol–water partition coefficient (Wildman–Crippen LogP) is 3.25. The zero-order chi connectivity index (χ0) is 17.2. The molecule has 0 saturated carbocycles. The van der Waals surface area contributed by atoms with Crippen LogP contribution < -0.4 is 10.4 Å². The number of hydrogen-bond acceptors (Lipinski definition) is 3. The Balaban J connectivity index is 1.53. The van der Waals surface area contributed by atoms with E-state index in [1.54, 1.807) is 11.6 Å². The Hall–Kier alpha value is -3.05. The van der Waals surface area contributed by atoms with Crippen molar-refractivity contribution >= 4 is 28.6 Å². The van der Waals surface area contributed by atoms with Gasteiger partial charge in [0.2, 0.25) is 0 Å². The number of H-pyrrole nitrogens is 1. The molecular weight excluding hydrogens is 314 g/mol. The average Bonchev–Trinajstić information content (AvgIpc) is 3.04. The molecule has 4 rings (SSSR count). The SMILES string of the molecule is O=C(C=Cc1ccc(N2CCc3c([nH]c4ccccc34)C2)cc1)NO. The molecule has 0 aliphatic carbocycles. The van der Waals surface area contributed by atoms with Gasteiger partial charge in [0, 0.05) is 34.9 Å². The van der Waals surface area contributed by atoms with Crippen molar-refractivity contribution in [1.82, 2.24) is 10.5 Å². The van der Waals surface area contributed by atoms with Crippen molar-refractivity contribution in [2.75, 3.05) is 11.4 Å². The van der Waals surface area contributed by atoms with Crippen molar-refractivity contribution < 1.29 is 10.0 Å². The molecule has 5 heteroatoms. The number of aromatic nitrogens is 1. The number of carbonyl (C=O) groups is 1. The number of anilines is 1. The molecule has 1 aliphatic heterocycles. The summed E-state index contributed by atoms with van der Waals surface area (Å²) in [5.41, 5.74) is 7.58. The van der Waals surface area contributed by atoms with Gasteiger partial charge in [-0.05, 0) is 41.8 Å². The van der Waals surface area contributed by atoms with Crippen LogP contribution in [0.1, 0.15) is 16.8 Å². The van der Waals surface area contributed by atoms with Gasteiger partial charge in [-0.1, -0.05) is 30.3 Å². The lowest BCUT2D eigenvalue weighted by atomic mass is 10.0. The second-order valence-corrected chi connectivity index (χ2v) is 6.20. The van der Waals surface area contributed by atoms with E-state index in [9.17, 15) is 4.79 Å². The number of amides is 1. The molecule has 0 atom stereocenters. The van der Waals surface area contributed by atoms with Gasteiger partial charge >= 0.3 is 0 Å². The molecule has 0 radical (unpaired) electrons. The first-order chi connectivity index (χ1) is 12.2. The van der Waals surface area contributed by atoms with E-state index in [0.717, 1.165) is 30.8 Å². The summed E-state index contributed by atoms with van der Waals surface area (Å²) in [6.07, 6.45) is 3.99. The molecule has 25 heavy (non-hydrogen) atoms. The summed E-state index contributed by atoms with van der Waals surface area (Å²) < 4.78 is 0. The highest BCUT2D eigenvalue weighted by molar-refractivity contribution is 5.90. The lowest BCUT2D eigenvalue weighted by molar-refractivity contribution is -0.124. The summed E-state index contributed by atoms with van der Waals surface area (Å²) in [6.45, 7) is 1.85. The molecule has 0 saturated heterocycles. The fraction of sp³-hybridized carbons (Fsp3) is 0.150. The molecule has 2 heterocycles. The van der Waals surface area contributed by atoms with Crippen molar-refractivity contribution in [3.05, 3.63) is 71.4 Å². The average molecular weight is 333 g/mol. The smallest absolute Gasteiger partial charge is 0.267 e. The van der Waals surface area contributed by atoms with Crippen molar-refractivity contribution in [2.45, 2.75) is 13.0 Å². The van der Waals surface area contributed by atoms with Gasteiger partial charge in [0.05, 0.1) is 6.54 Å². The highest BCUT2D eigenvalue weighted by atomic mass is 16.5. The third-order valence-electron chi connectivity index (χ3n) is 4.68. The first-order valence-electron chi connectivity index (χ1n) is 8.30. The zero-order valence-corrected chi connectivity index (χ0v) is 13.7. The summed E-state index contributed by atoms with van der Waals surface area (Å²) in [5, 5.41) is 9.83. The van der Waals surface area contributed by atoms with Crippen molar-refractivity contribution in [3.63, 3.8) is 0 Å². The maximum Gasteiger partial charge on any atom is 0.267 e. The maximum atomic E-state index is 11.0. The molecule has 0 bridgehead atoms. The van der Waals surface area contributed by atoms with E-state index in [2.05, 4.69) is 46.3 Å². The van der Waals surface area contributed by atoms with Gasteiger partial charge < -0.3 is 9.88 Å². The Labute approximate surface area is 145 Å². The molecule has 1 amide bonds. The standard InChI is InChI=1S/C20H19N3O2/c24-20(22-25)10-7-14-5-8-15(9-6-14)23-12-11-17-16-3-1-2-4-18(16)21-19(17)13-23/h1-10,21,25H,11-13H2,(H,22,24). The minimum Gasteiger partial charge on any atom is -0.365 e. The third kappa shape index (κ3) is 3.02. The minimum absolute atomic E-state index is 0.536. The normalized spacial score (nSPS) is 14.0. The molecule has 1 aliphatic rings. The molecule has 0 fully saturated rings. The van der Waals surface area contributed by atoms with Crippen LogP contribution in [-0.2, 0) is 17.8 Å². The van der Waals surface area contributed by atoms with Gasteiger partial charge in [-0.15, -0.1) is 0 Å². The van der Waals surface area contributed by atoms with Gasteiger partial charge in [0.15, 0.2) is 0 Å². The second-order valence-electron chi connectivity index (χ2n) is 6.20. The number of aromatic amines is 1. The fourth-order valence-electron chi connectivity index (χ4n) is 3.42. The lowest BCUT2D eigenvalue weighted by Gasteiger charge is -2.29. The molecule has 5 nitrogen and oxygen atoms in total. The molecule has 0 spiro atoms. The van der Waals surface area contributed by atoms with Crippen LogP contribution in [0.25, 0.3) is 17.0 Å². The van der Waals surface area contributed by atoms with Crippen LogP contribution in [0.5, 0.6) is 0 Å². The Bertz CT molecular complexity index is 941. The van der Waals surface area contributed by atoms with Crippen molar-refractivity contribution in [3.8, 4) is 0 Å². The number of para-hydroxylation sites is 1. The highest BCUT2D eigenvalue weighted by Crippen LogP contribution is 2.30. The summed E-state index contributed by atoms with van der Waals surface area (Å²) in [6, 6.07) is 16.5. The van der Waals surface area contributed by atoms with E-state index in [1.165, 1.54) is 28.2 Å². The van der Waals surface area contributed by atoms with Gasteiger partial charge in [-0.25, -0.2) is 5.48 Å². The molecule has 3 aromatic rings. The van der Waals surface area contributed by atoms with Crippen molar-refractivity contribution in [1.29, 1.82) is 0 Å². The number of rotatable bonds is 3. The van der Waals surface area contributed by atoms with Crippen LogP contribution in [-0.4, -0.2) is 22.6 Å². The number of hydrogen-bond donors (Lipinski definition) is 3. The Kier molecular flexibility index (Phi) is 3.99. The van der Waals surface area contributed by atoms with Gasteiger partial charge in [0.1, 0.15) is 0 Å². The number of nitrogens with one attached hydrogen (secondary N) is 2. The Morgan fingerprint density at radius 2 is 1.96 bits per heavy atom. The zero-order valence-electron chi connectivity index (χ0n) is 13.7. The number of benzene rings is 2. The maximum absolute atomic E-state index is 11.0. The molecule has 126 valence electrons.